The molecule has 4 heterocycles. The number of pyridine rings is 1. The summed E-state index contributed by atoms with van der Waals surface area (Å²) < 4.78 is 8.06. The first-order chi connectivity index (χ1) is 15.7. The van der Waals surface area contributed by atoms with Crippen molar-refractivity contribution in [3.05, 3.63) is 78.1 Å². The number of rotatable bonds is 4. The maximum absolute atomic E-state index is 13.1. The number of hydrogen-bond donors (Lipinski definition) is 1. The SMILES string of the molecule is O=C(Nc1cccnc1)C1CCN(C(=O)c2ncn3c2CO[C@H](c2ccccc2)C3)CC1. The molecular weight excluding hydrogens is 406 g/mol. The van der Waals surface area contributed by atoms with Gasteiger partial charge in [0.25, 0.3) is 5.91 Å². The highest BCUT2D eigenvalue weighted by Crippen LogP contribution is 2.29. The minimum absolute atomic E-state index is 0.0233. The van der Waals surface area contributed by atoms with Crippen LogP contribution in [-0.2, 0) is 22.7 Å². The van der Waals surface area contributed by atoms with Crippen LogP contribution >= 0.6 is 0 Å². The predicted octanol–water partition coefficient (Wildman–Crippen LogP) is 3.04. The van der Waals surface area contributed by atoms with Gasteiger partial charge in [-0.1, -0.05) is 30.3 Å². The second-order valence-electron chi connectivity index (χ2n) is 8.20. The van der Waals surface area contributed by atoms with Crippen LogP contribution in [0, 0.1) is 5.92 Å². The van der Waals surface area contributed by atoms with Gasteiger partial charge in [-0.25, -0.2) is 4.98 Å². The Morgan fingerprint density at radius 1 is 1.06 bits per heavy atom. The average molecular weight is 431 g/mol. The Labute approximate surface area is 186 Å². The van der Waals surface area contributed by atoms with E-state index in [0.717, 1.165) is 11.3 Å². The van der Waals surface area contributed by atoms with E-state index in [4.69, 9.17) is 4.74 Å². The van der Waals surface area contributed by atoms with Crippen molar-refractivity contribution in [1.82, 2.24) is 19.4 Å². The van der Waals surface area contributed by atoms with Crippen LogP contribution in [0.25, 0.3) is 0 Å². The number of nitrogens with one attached hydrogen (secondary N) is 1. The summed E-state index contributed by atoms with van der Waals surface area (Å²) in [7, 11) is 0. The smallest absolute Gasteiger partial charge is 0.274 e. The van der Waals surface area contributed by atoms with Crippen LogP contribution in [0.3, 0.4) is 0 Å². The molecule has 3 aromatic rings. The number of imidazole rings is 1. The number of piperidine rings is 1. The van der Waals surface area contributed by atoms with Crippen molar-refractivity contribution in [2.24, 2.45) is 5.92 Å². The summed E-state index contributed by atoms with van der Waals surface area (Å²) in [4.78, 5) is 35.9. The van der Waals surface area contributed by atoms with Crippen molar-refractivity contribution in [3.8, 4) is 0 Å². The van der Waals surface area contributed by atoms with Crippen LogP contribution in [0.1, 0.15) is 40.7 Å². The predicted molar refractivity (Wildman–Crippen MR) is 118 cm³/mol. The van der Waals surface area contributed by atoms with Crippen LogP contribution in [-0.4, -0.2) is 44.3 Å². The van der Waals surface area contributed by atoms with Crippen molar-refractivity contribution in [2.75, 3.05) is 18.4 Å². The molecule has 1 atom stereocenters. The summed E-state index contributed by atoms with van der Waals surface area (Å²) in [6.07, 6.45) is 6.23. The number of aromatic nitrogens is 3. The molecule has 5 rings (SSSR count). The zero-order valence-corrected chi connectivity index (χ0v) is 17.7. The van der Waals surface area contributed by atoms with Crippen molar-refractivity contribution < 1.29 is 14.3 Å². The lowest BCUT2D eigenvalue weighted by molar-refractivity contribution is -0.121. The Hall–Kier alpha value is -3.52. The number of fused-ring (bicyclic) bond motifs is 1. The van der Waals surface area contributed by atoms with Gasteiger partial charge in [0.15, 0.2) is 5.69 Å². The Balaban J connectivity index is 1.20. The highest BCUT2D eigenvalue weighted by atomic mass is 16.5. The molecule has 8 heteroatoms. The standard InChI is InChI=1S/C24H25N5O3/c30-23(27-19-7-4-10-25-13-19)18-8-11-28(12-9-18)24(31)22-20-15-32-21(14-29(20)16-26-22)17-5-2-1-3-6-17/h1-7,10,13,16,18,21H,8-9,11-12,14-15H2,(H,27,30)/t21-/m0/s1. The summed E-state index contributed by atoms with van der Waals surface area (Å²) >= 11 is 0. The van der Waals surface area contributed by atoms with Gasteiger partial charge in [0.05, 0.1) is 37.1 Å². The maximum Gasteiger partial charge on any atom is 0.274 e. The second kappa shape index (κ2) is 8.92. The van der Waals surface area contributed by atoms with E-state index in [0.29, 0.717) is 50.5 Å². The normalized spacial score (nSPS) is 18.8. The fourth-order valence-electron chi connectivity index (χ4n) is 4.35. The van der Waals surface area contributed by atoms with E-state index in [1.807, 2.05) is 41.0 Å². The second-order valence-corrected chi connectivity index (χ2v) is 8.20. The van der Waals surface area contributed by atoms with E-state index in [1.54, 1.807) is 29.7 Å². The number of ether oxygens (including phenoxy) is 1. The number of carbonyl (C=O) groups excluding carboxylic acids is 2. The third-order valence-electron chi connectivity index (χ3n) is 6.19. The molecule has 32 heavy (non-hydrogen) atoms. The van der Waals surface area contributed by atoms with Crippen molar-refractivity contribution in [2.45, 2.75) is 32.1 Å². The van der Waals surface area contributed by atoms with Gasteiger partial charge in [0.1, 0.15) is 6.10 Å². The number of benzene rings is 1. The monoisotopic (exact) mass is 431 g/mol. The average Bonchev–Trinajstić information content (AvgIpc) is 3.28. The fourth-order valence-corrected chi connectivity index (χ4v) is 4.35. The molecule has 2 amide bonds. The first-order valence-corrected chi connectivity index (χ1v) is 10.9. The number of carbonyl (C=O) groups is 2. The molecule has 0 saturated carbocycles. The van der Waals surface area contributed by atoms with E-state index in [2.05, 4.69) is 15.3 Å². The van der Waals surface area contributed by atoms with Crippen LogP contribution < -0.4 is 5.32 Å². The van der Waals surface area contributed by atoms with Gasteiger partial charge < -0.3 is 19.5 Å². The van der Waals surface area contributed by atoms with Crippen molar-refractivity contribution in [3.63, 3.8) is 0 Å². The zero-order valence-electron chi connectivity index (χ0n) is 17.7. The fraction of sp³-hybridized carbons (Fsp3) is 0.333. The Kier molecular flexibility index (Phi) is 5.68. The number of anilines is 1. The number of amides is 2. The lowest BCUT2D eigenvalue weighted by atomic mass is 9.95. The molecule has 1 N–H and O–H groups in total. The lowest BCUT2D eigenvalue weighted by Crippen LogP contribution is -2.42. The molecule has 0 radical (unpaired) electrons. The molecule has 1 aromatic carbocycles. The molecule has 164 valence electrons. The summed E-state index contributed by atoms with van der Waals surface area (Å²) in [5.74, 6) is -0.235. The summed E-state index contributed by atoms with van der Waals surface area (Å²) in [5, 5.41) is 2.90. The first kappa shape index (κ1) is 20.4. The third-order valence-corrected chi connectivity index (χ3v) is 6.19. The molecule has 0 spiro atoms. The maximum atomic E-state index is 13.1. The molecule has 2 aliphatic rings. The van der Waals surface area contributed by atoms with E-state index in [-0.39, 0.29) is 23.8 Å². The molecule has 1 saturated heterocycles. The van der Waals surface area contributed by atoms with Gasteiger partial charge in [-0.3, -0.25) is 14.6 Å². The topological polar surface area (TPSA) is 89.4 Å². The molecule has 2 aromatic heterocycles. The van der Waals surface area contributed by atoms with Crippen molar-refractivity contribution in [1.29, 1.82) is 0 Å². The van der Waals surface area contributed by atoms with Crippen LogP contribution in [0.2, 0.25) is 0 Å². The van der Waals surface area contributed by atoms with Gasteiger partial charge in [0.2, 0.25) is 5.91 Å². The van der Waals surface area contributed by atoms with E-state index in [1.165, 1.54) is 0 Å². The highest BCUT2D eigenvalue weighted by molar-refractivity contribution is 5.95. The van der Waals surface area contributed by atoms with E-state index >= 15 is 0 Å². The molecule has 0 bridgehead atoms. The van der Waals surface area contributed by atoms with E-state index < -0.39 is 0 Å². The van der Waals surface area contributed by atoms with Crippen molar-refractivity contribution >= 4 is 17.5 Å². The molecule has 0 unspecified atom stereocenters. The number of likely N-dealkylation sites (tertiary alicyclic amines) is 1. The van der Waals surface area contributed by atoms with E-state index in [9.17, 15) is 9.59 Å². The minimum atomic E-state index is -0.120. The van der Waals surface area contributed by atoms with Gasteiger partial charge >= 0.3 is 0 Å². The van der Waals surface area contributed by atoms with Gasteiger partial charge in [-0.15, -0.1) is 0 Å². The van der Waals surface area contributed by atoms with Crippen LogP contribution in [0.5, 0.6) is 0 Å². The molecule has 2 aliphatic heterocycles. The third kappa shape index (κ3) is 4.13. The van der Waals surface area contributed by atoms with Crippen LogP contribution in [0.15, 0.2) is 61.2 Å². The summed E-state index contributed by atoms with van der Waals surface area (Å²) in [5.41, 5.74) is 3.08. The first-order valence-electron chi connectivity index (χ1n) is 10.9. The summed E-state index contributed by atoms with van der Waals surface area (Å²) in [6, 6.07) is 13.7. The largest absolute Gasteiger partial charge is 0.365 e. The molecular formula is C24H25N5O3. The summed E-state index contributed by atoms with van der Waals surface area (Å²) in [6.45, 7) is 2.05. The minimum Gasteiger partial charge on any atom is -0.365 e. The molecule has 8 nitrogen and oxygen atoms in total. The van der Waals surface area contributed by atoms with Gasteiger partial charge in [0, 0.05) is 25.2 Å². The van der Waals surface area contributed by atoms with Gasteiger partial charge in [-0.2, -0.15) is 0 Å². The Morgan fingerprint density at radius 3 is 2.62 bits per heavy atom. The quantitative estimate of drug-likeness (QED) is 0.686. The number of hydrogen-bond acceptors (Lipinski definition) is 5. The zero-order chi connectivity index (χ0) is 21.9. The molecule has 1 fully saturated rings. The molecule has 0 aliphatic carbocycles. The number of nitrogens with zero attached hydrogens (tertiary/aromatic N) is 4. The van der Waals surface area contributed by atoms with Crippen LogP contribution in [0.4, 0.5) is 5.69 Å². The Bertz CT molecular complexity index is 1090. The lowest BCUT2D eigenvalue weighted by Gasteiger charge is -2.31. The Morgan fingerprint density at radius 2 is 1.88 bits per heavy atom. The highest BCUT2D eigenvalue weighted by Gasteiger charge is 2.32. The van der Waals surface area contributed by atoms with Gasteiger partial charge in [-0.05, 0) is 30.5 Å².